The highest BCUT2D eigenvalue weighted by Crippen LogP contribution is 2.17. The smallest absolute Gasteiger partial charge is 0.250 e. The number of hydrogen-bond donors (Lipinski definition) is 1. The molecule has 1 unspecified atom stereocenters. The van der Waals surface area contributed by atoms with E-state index in [-0.39, 0.29) is 6.29 Å². The Labute approximate surface area is 110 Å². The van der Waals surface area contributed by atoms with Gasteiger partial charge in [-0.15, -0.1) is 0 Å². The Bertz CT molecular complexity index is 602. The topological polar surface area (TPSA) is 79.4 Å². The summed E-state index contributed by atoms with van der Waals surface area (Å²) in [4.78, 5) is 21.0. The van der Waals surface area contributed by atoms with Crippen LogP contribution in [0, 0.1) is 0 Å². The molecule has 19 heavy (non-hydrogen) atoms. The average molecular weight is 261 g/mol. The van der Waals surface area contributed by atoms with Gasteiger partial charge < -0.3 is 15.3 Å². The van der Waals surface area contributed by atoms with E-state index >= 15 is 0 Å². The molecule has 1 aliphatic rings. The van der Waals surface area contributed by atoms with Crippen LogP contribution in [0.3, 0.4) is 0 Å². The lowest BCUT2D eigenvalue weighted by molar-refractivity contribution is -0.161. The average Bonchev–Trinajstić information content (AvgIpc) is 2.82. The highest BCUT2D eigenvalue weighted by Gasteiger charge is 2.17. The molecule has 0 radical (unpaired) electrons. The normalized spacial score (nSPS) is 19.5. The van der Waals surface area contributed by atoms with Crippen LogP contribution in [0.5, 0.6) is 0 Å². The molecule has 100 valence electrons. The van der Waals surface area contributed by atoms with Crippen molar-refractivity contribution < 1.29 is 14.4 Å². The summed E-state index contributed by atoms with van der Waals surface area (Å²) in [7, 11) is 0. The summed E-state index contributed by atoms with van der Waals surface area (Å²) in [5, 5.41) is 0.812. The molecule has 3 heterocycles. The lowest BCUT2D eigenvalue weighted by atomic mass is 10.2. The molecule has 0 spiro atoms. The molecule has 3 rings (SSSR count). The zero-order valence-corrected chi connectivity index (χ0v) is 10.4. The number of nitrogens with zero attached hydrogens (tertiary/aromatic N) is 2. The van der Waals surface area contributed by atoms with Gasteiger partial charge in [0.25, 0.3) is 0 Å². The second kappa shape index (κ2) is 4.89. The second-order valence-corrected chi connectivity index (χ2v) is 4.54. The SMILES string of the molecule is NC(=O)c1cnc2c(ccn2OC2CCCCO2)c1. The second-order valence-electron chi connectivity index (χ2n) is 4.54. The fourth-order valence-electron chi connectivity index (χ4n) is 2.14. The molecule has 1 amide bonds. The van der Waals surface area contributed by atoms with Crippen molar-refractivity contribution in [3.8, 4) is 0 Å². The summed E-state index contributed by atoms with van der Waals surface area (Å²) in [5.74, 6) is -0.487. The van der Waals surface area contributed by atoms with E-state index in [0.717, 1.165) is 31.3 Å². The van der Waals surface area contributed by atoms with Crippen molar-refractivity contribution in [3.63, 3.8) is 0 Å². The van der Waals surface area contributed by atoms with Gasteiger partial charge >= 0.3 is 0 Å². The van der Waals surface area contributed by atoms with Crippen molar-refractivity contribution in [2.24, 2.45) is 5.73 Å². The van der Waals surface area contributed by atoms with E-state index in [1.807, 2.05) is 6.07 Å². The third-order valence-electron chi connectivity index (χ3n) is 3.15. The first-order valence-corrected chi connectivity index (χ1v) is 6.30. The molecule has 1 fully saturated rings. The molecule has 1 aliphatic heterocycles. The van der Waals surface area contributed by atoms with Gasteiger partial charge in [0, 0.05) is 24.2 Å². The third kappa shape index (κ3) is 2.39. The predicted octanol–water partition coefficient (Wildman–Crippen LogP) is 1.09. The maximum absolute atomic E-state index is 11.1. The minimum absolute atomic E-state index is 0.234. The molecule has 0 bridgehead atoms. The Hall–Kier alpha value is -2.08. The number of carbonyl (C=O) groups excluding carboxylic acids is 1. The number of aromatic nitrogens is 2. The van der Waals surface area contributed by atoms with Crippen molar-refractivity contribution in [1.82, 2.24) is 9.71 Å². The van der Waals surface area contributed by atoms with E-state index in [2.05, 4.69) is 4.98 Å². The Morgan fingerprint density at radius 2 is 2.42 bits per heavy atom. The fraction of sp³-hybridized carbons (Fsp3) is 0.385. The van der Waals surface area contributed by atoms with Crippen LogP contribution in [-0.4, -0.2) is 28.5 Å². The lowest BCUT2D eigenvalue weighted by Crippen LogP contribution is -2.30. The van der Waals surface area contributed by atoms with Gasteiger partial charge in [-0.25, -0.2) is 4.98 Å². The Kier molecular flexibility index (Phi) is 3.08. The van der Waals surface area contributed by atoms with E-state index < -0.39 is 5.91 Å². The van der Waals surface area contributed by atoms with Gasteiger partial charge in [0.05, 0.1) is 12.2 Å². The van der Waals surface area contributed by atoms with Crippen molar-refractivity contribution in [2.75, 3.05) is 6.61 Å². The van der Waals surface area contributed by atoms with Crippen LogP contribution in [0.2, 0.25) is 0 Å². The van der Waals surface area contributed by atoms with Crippen LogP contribution >= 0.6 is 0 Å². The summed E-state index contributed by atoms with van der Waals surface area (Å²) >= 11 is 0. The third-order valence-corrected chi connectivity index (χ3v) is 3.15. The van der Waals surface area contributed by atoms with Crippen LogP contribution in [0.4, 0.5) is 0 Å². The monoisotopic (exact) mass is 261 g/mol. The largest absolute Gasteiger partial charge is 0.380 e. The zero-order valence-electron chi connectivity index (χ0n) is 10.4. The van der Waals surface area contributed by atoms with Crippen LogP contribution < -0.4 is 10.6 Å². The summed E-state index contributed by atoms with van der Waals surface area (Å²) in [6.45, 7) is 0.725. The minimum Gasteiger partial charge on any atom is -0.380 e. The molecule has 6 heteroatoms. The molecular formula is C13H15N3O3. The number of carbonyl (C=O) groups is 1. The van der Waals surface area contributed by atoms with E-state index in [1.54, 1.807) is 17.0 Å². The summed E-state index contributed by atoms with van der Waals surface area (Å²) in [5.41, 5.74) is 6.26. The number of amides is 1. The van der Waals surface area contributed by atoms with Crippen molar-refractivity contribution in [1.29, 1.82) is 0 Å². The standard InChI is InChI=1S/C13H15N3O3/c14-12(17)10-7-9-4-5-16(13(9)15-8-10)19-11-3-1-2-6-18-11/h4-5,7-8,11H,1-3,6H2,(H2,14,17). The van der Waals surface area contributed by atoms with Gasteiger partial charge in [-0.1, -0.05) is 0 Å². The number of pyridine rings is 1. The predicted molar refractivity (Wildman–Crippen MR) is 68.4 cm³/mol. The van der Waals surface area contributed by atoms with Crippen LogP contribution in [0.25, 0.3) is 11.0 Å². The number of hydrogen-bond acceptors (Lipinski definition) is 4. The van der Waals surface area contributed by atoms with E-state index in [9.17, 15) is 4.79 Å². The van der Waals surface area contributed by atoms with E-state index in [1.165, 1.54) is 6.20 Å². The Balaban J connectivity index is 1.86. The number of ether oxygens (including phenoxy) is 1. The molecule has 0 aliphatic carbocycles. The highest BCUT2D eigenvalue weighted by molar-refractivity contribution is 5.95. The summed E-state index contributed by atoms with van der Waals surface area (Å²) < 4.78 is 7.10. The molecule has 2 aromatic heterocycles. The highest BCUT2D eigenvalue weighted by atomic mass is 16.8. The Morgan fingerprint density at radius 1 is 1.53 bits per heavy atom. The lowest BCUT2D eigenvalue weighted by Gasteiger charge is -2.23. The summed E-state index contributed by atoms with van der Waals surface area (Å²) in [6.07, 6.45) is 6.03. The quantitative estimate of drug-likeness (QED) is 0.897. The van der Waals surface area contributed by atoms with Gasteiger partial charge in [0.1, 0.15) is 0 Å². The molecule has 0 aromatic carbocycles. The molecule has 1 atom stereocenters. The number of rotatable bonds is 3. The van der Waals surface area contributed by atoms with Crippen LogP contribution in [0.15, 0.2) is 24.5 Å². The maximum Gasteiger partial charge on any atom is 0.250 e. The molecule has 2 aromatic rings. The number of fused-ring (bicyclic) bond motifs is 1. The number of nitrogens with two attached hydrogens (primary N) is 1. The van der Waals surface area contributed by atoms with Gasteiger partial charge in [0.15, 0.2) is 5.65 Å². The van der Waals surface area contributed by atoms with Crippen molar-refractivity contribution >= 4 is 16.9 Å². The Morgan fingerprint density at radius 3 is 3.16 bits per heavy atom. The van der Waals surface area contributed by atoms with Crippen molar-refractivity contribution in [2.45, 2.75) is 25.6 Å². The van der Waals surface area contributed by atoms with Crippen LogP contribution in [-0.2, 0) is 4.74 Å². The molecule has 2 N–H and O–H groups in total. The van der Waals surface area contributed by atoms with Gasteiger partial charge in [-0.2, -0.15) is 4.73 Å². The molecule has 0 saturated carbocycles. The first kappa shape index (κ1) is 12.0. The van der Waals surface area contributed by atoms with Gasteiger partial charge in [0.2, 0.25) is 12.2 Å². The first-order valence-electron chi connectivity index (χ1n) is 6.30. The van der Waals surface area contributed by atoms with Crippen LogP contribution in [0.1, 0.15) is 29.6 Å². The molecule has 1 saturated heterocycles. The van der Waals surface area contributed by atoms with E-state index in [4.69, 9.17) is 15.3 Å². The minimum atomic E-state index is -0.487. The first-order chi connectivity index (χ1) is 9.24. The molecule has 6 nitrogen and oxygen atoms in total. The maximum atomic E-state index is 11.1. The van der Waals surface area contributed by atoms with Gasteiger partial charge in [-0.05, 0) is 25.0 Å². The van der Waals surface area contributed by atoms with Gasteiger partial charge in [-0.3, -0.25) is 4.79 Å². The summed E-state index contributed by atoms with van der Waals surface area (Å²) in [6, 6.07) is 3.53. The van der Waals surface area contributed by atoms with E-state index in [0.29, 0.717) is 11.2 Å². The van der Waals surface area contributed by atoms with Crippen molar-refractivity contribution in [3.05, 3.63) is 30.1 Å². The fourth-order valence-corrected chi connectivity index (χ4v) is 2.14. The zero-order chi connectivity index (χ0) is 13.2. The molecular weight excluding hydrogens is 246 g/mol. The number of primary amides is 1.